The minimum absolute atomic E-state index is 0.290. The Kier molecular flexibility index (Phi) is 5.70. The first kappa shape index (κ1) is 16.5. The van der Waals surface area contributed by atoms with Gasteiger partial charge in [0.25, 0.3) is 0 Å². The van der Waals surface area contributed by atoms with Crippen molar-refractivity contribution in [2.75, 3.05) is 0 Å². The summed E-state index contributed by atoms with van der Waals surface area (Å²) >= 11 is 0.512. The normalized spacial score (nSPS) is 16.4. The van der Waals surface area contributed by atoms with E-state index in [0.29, 0.717) is 32.0 Å². The van der Waals surface area contributed by atoms with Crippen molar-refractivity contribution in [3.05, 3.63) is 71.3 Å². The monoisotopic (exact) mass is 372 g/mol. The predicted octanol–water partition coefficient (Wildman–Crippen LogP) is 5.38. The summed E-state index contributed by atoms with van der Waals surface area (Å²) in [6.07, 6.45) is 6.13. The van der Waals surface area contributed by atoms with Crippen molar-refractivity contribution in [1.29, 1.82) is 0 Å². The van der Waals surface area contributed by atoms with E-state index in [2.05, 4.69) is 37.3 Å². The Morgan fingerprint density at radius 1 is 1.04 bits per heavy atom. The van der Waals surface area contributed by atoms with E-state index < -0.39 is 0 Å². The molecular weight excluding hydrogens is 347 g/mol. The van der Waals surface area contributed by atoms with Crippen molar-refractivity contribution in [3.63, 3.8) is 0 Å². The van der Waals surface area contributed by atoms with E-state index in [1.54, 1.807) is 0 Å². The second-order valence-electron chi connectivity index (χ2n) is 6.44. The Balaban J connectivity index is 1.74. The van der Waals surface area contributed by atoms with Gasteiger partial charge >= 0.3 is 145 Å². The van der Waals surface area contributed by atoms with Crippen LogP contribution in [0.3, 0.4) is 0 Å². The summed E-state index contributed by atoms with van der Waals surface area (Å²) in [4.78, 5) is 14.0. The van der Waals surface area contributed by atoms with Gasteiger partial charge in [0.2, 0.25) is 0 Å². The summed E-state index contributed by atoms with van der Waals surface area (Å²) in [5, 5.41) is 0. The van der Waals surface area contributed by atoms with Crippen LogP contribution in [0.4, 0.5) is 0 Å². The third kappa shape index (κ3) is 4.56. The Labute approximate surface area is 145 Å². The van der Waals surface area contributed by atoms with Crippen LogP contribution in [0.1, 0.15) is 58.4 Å². The summed E-state index contributed by atoms with van der Waals surface area (Å²) in [5.41, 5.74) is 3.41. The number of carbonyl (C=O) groups excluding carboxylic acids is 1. The van der Waals surface area contributed by atoms with E-state index >= 15 is 0 Å². The second kappa shape index (κ2) is 7.95. The number of hydrogen-bond acceptors (Lipinski definition) is 1. The summed E-state index contributed by atoms with van der Waals surface area (Å²) in [6.45, 7) is 2.06. The zero-order valence-corrected chi connectivity index (χ0v) is 15.4. The molecule has 2 aromatic carbocycles. The van der Waals surface area contributed by atoms with Crippen molar-refractivity contribution < 1.29 is 4.79 Å². The van der Waals surface area contributed by atoms with Gasteiger partial charge in [-0.05, 0) is 0 Å². The number of ketones is 1. The number of hydrogen-bond donors (Lipinski definition) is 0. The average molecular weight is 371 g/mol. The van der Waals surface area contributed by atoms with E-state index in [1.807, 2.05) is 24.3 Å². The molecule has 1 nitrogen and oxygen atoms in total. The molecule has 0 aromatic heterocycles. The summed E-state index contributed by atoms with van der Waals surface area (Å²) < 4.78 is 0. The Hall–Kier alpha value is -1.37. The number of Topliss-reactive ketones (excluding diaryl/α,β-unsaturated/α-hetero) is 1. The molecule has 1 unspecified atom stereocenters. The second-order valence-corrected chi connectivity index (χ2v) is 9.60. The zero-order valence-electron chi connectivity index (χ0n) is 13.7. The fraction of sp³-hybridized carbons (Fsp3) is 0.381. The molecule has 0 bridgehead atoms. The quantitative estimate of drug-likeness (QED) is 0.492. The van der Waals surface area contributed by atoms with Crippen LogP contribution in [-0.2, 0) is 0 Å². The molecule has 120 valence electrons. The van der Waals surface area contributed by atoms with Gasteiger partial charge in [0.15, 0.2) is 0 Å². The molecular formula is C21H24OSe. The molecule has 0 N–H and O–H groups in total. The third-order valence-corrected chi connectivity index (χ3v) is 7.98. The molecule has 1 saturated carbocycles. The third-order valence-electron chi connectivity index (χ3n) is 4.57. The summed E-state index contributed by atoms with van der Waals surface area (Å²) in [7, 11) is 0. The fourth-order valence-electron chi connectivity index (χ4n) is 3.19. The van der Waals surface area contributed by atoms with E-state index in [4.69, 9.17) is 0 Å². The molecule has 1 atom stereocenters. The van der Waals surface area contributed by atoms with Crippen LogP contribution in [-0.4, -0.2) is 20.7 Å². The van der Waals surface area contributed by atoms with Gasteiger partial charge in [-0.25, -0.2) is 0 Å². The van der Waals surface area contributed by atoms with Crippen LogP contribution in [0.15, 0.2) is 54.6 Å². The Morgan fingerprint density at radius 3 is 2.35 bits per heavy atom. The molecule has 0 amide bonds. The van der Waals surface area contributed by atoms with E-state index in [9.17, 15) is 4.79 Å². The van der Waals surface area contributed by atoms with Crippen molar-refractivity contribution in [2.45, 2.75) is 48.7 Å². The Morgan fingerprint density at radius 2 is 1.70 bits per heavy atom. The molecule has 0 saturated heterocycles. The van der Waals surface area contributed by atoms with E-state index in [0.717, 1.165) is 10.4 Å². The first-order valence-corrected chi connectivity index (χ1v) is 10.5. The van der Waals surface area contributed by atoms with Crippen LogP contribution in [0.2, 0.25) is 4.82 Å². The molecule has 1 aliphatic rings. The molecule has 3 rings (SSSR count). The maximum atomic E-state index is 12.7. The molecule has 0 aliphatic heterocycles. The molecule has 0 radical (unpaired) electrons. The number of benzene rings is 2. The van der Waals surface area contributed by atoms with Gasteiger partial charge < -0.3 is 0 Å². The average Bonchev–Trinajstić information content (AvgIpc) is 3.09. The molecule has 0 spiro atoms. The minimum atomic E-state index is 0.290. The summed E-state index contributed by atoms with van der Waals surface area (Å²) in [5.74, 6) is 0.290. The van der Waals surface area contributed by atoms with E-state index in [-0.39, 0.29) is 0 Å². The van der Waals surface area contributed by atoms with Gasteiger partial charge in [0.05, 0.1) is 0 Å². The van der Waals surface area contributed by atoms with Crippen LogP contribution in [0, 0.1) is 6.92 Å². The number of carbonyl (C=O) groups is 1. The van der Waals surface area contributed by atoms with Gasteiger partial charge in [-0.3, -0.25) is 0 Å². The molecule has 23 heavy (non-hydrogen) atoms. The van der Waals surface area contributed by atoms with Gasteiger partial charge in [-0.2, -0.15) is 0 Å². The molecule has 1 aliphatic carbocycles. The van der Waals surface area contributed by atoms with Crippen LogP contribution in [0.5, 0.6) is 0 Å². The van der Waals surface area contributed by atoms with E-state index in [1.165, 1.54) is 36.8 Å². The van der Waals surface area contributed by atoms with Gasteiger partial charge in [-0.1, -0.05) is 0 Å². The fourth-order valence-corrected chi connectivity index (χ4v) is 6.62. The van der Waals surface area contributed by atoms with Crippen LogP contribution in [0.25, 0.3) is 0 Å². The SMILES string of the molecule is Cc1ccc(C(=O)CC([Se]C2CCCC2)c2ccccc2)cc1. The number of aryl methyl sites for hydroxylation is 1. The van der Waals surface area contributed by atoms with Crippen molar-refractivity contribution in [3.8, 4) is 0 Å². The van der Waals surface area contributed by atoms with Gasteiger partial charge in [0.1, 0.15) is 0 Å². The van der Waals surface area contributed by atoms with Crippen LogP contribution >= 0.6 is 0 Å². The van der Waals surface area contributed by atoms with Crippen molar-refractivity contribution >= 4 is 20.7 Å². The van der Waals surface area contributed by atoms with Crippen LogP contribution < -0.4 is 0 Å². The maximum absolute atomic E-state index is 12.7. The van der Waals surface area contributed by atoms with Gasteiger partial charge in [-0.15, -0.1) is 0 Å². The van der Waals surface area contributed by atoms with Crippen molar-refractivity contribution in [2.24, 2.45) is 0 Å². The topological polar surface area (TPSA) is 17.1 Å². The zero-order chi connectivity index (χ0) is 16.1. The van der Waals surface area contributed by atoms with Gasteiger partial charge in [0, 0.05) is 0 Å². The first-order valence-electron chi connectivity index (χ1n) is 8.52. The van der Waals surface area contributed by atoms with Crippen molar-refractivity contribution in [1.82, 2.24) is 0 Å². The predicted molar refractivity (Wildman–Crippen MR) is 97.3 cm³/mol. The number of rotatable bonds is 6. The summed E-state index contributed by atoms with van der Waals surface area (Å²) in [6, 6.07) is 18.7. The molecule has 1 fully saturated rings. The Bertz CT molecular complexity index is 627. The standard InChI is InChI=1S/C21H24OSe/c1-16-11-13-17(14-12-16)20(22)15-21(18-7-3-2-4-8-18)23-19-9-5-6-10-19/h2-4,7-8,11-14,19,21H,5-6,9-10,15H2,1H3. The first-order chi connectivity index (χ1) is 11.2. The molecule has 2 aromatic rings. The molecule has 0 heterocycles. The molecule has 2 heteroatoms.